The molecule has 2 aromatic rings. The second-order valence-corrected chi connectivity index (χ2v) is 9.72. The van der Waals surface area contributed by atoms with Crippen molar-refractivity contribution in [1.29, 1.82) is 0 Å². The molecular weight excluding hydrogens is 348 g/mol. The number of rotatable bonds is 6. The summed E-state index contributed by atoms with van der Waals surface area (Å²) < 4.78 is 33.4. The van der Waals surface area contributed by atoms with Gasteiger partial charge in [0.2, 0.25) is 10.0 Å². The van der Waals surface area contributed by atoms with Crippen molar-refractivity contribution in [3.05, 3.63) is 47.3 Å². The molecule has 0 amide bonds. The van der Waals surface area contributed by atoms with Crippen LogP contribution in [-0.2, 0) is 16.4 Å². The fraction of sp³-hybridized carbons (Fsp3) is 0.550. The van der Waals surface area contributed by atoms with Crippen molar-refractivity contribution in [2.24, 2.45) is 5.92 Å². The van der Waals surface area contributed by atoms with Crippen LogP contribution < -0.4 is 0 Å². The van der Waals surface area contributed by atoms with Crippen molar-refractivity contribution in [1.82, 2.24) is 9.46 Å². The molecule has 0 spiro atoms. The van der Waals surface area contributed by atoms with Crippen LogP contribution in [0.25, 0.3) is 0 Å². The Morgan fingerprint density at radius 2 is 1.88 bits per heavy atom. The summed E-state index contributed by atoms with van der Waals surface area (Å²) in [6.45, 7) is 8.91. The van der Waals surface area contributed by atoms with Crippen molar-refractivity contribution in [3.63, 3.8) is 0 Å². The van der Waals surface area contributed by atoms with E-state index in [0.29, 0.717) is 23.1 Å². The SMILES string of the molecule is CC(C)Cc1ccc(S(=O)(=O)N2CCC[C@H]2c2cc(C(C)C)no2)cc1. The summed E-state index contributed by atoms with van der Waals surface area (Å²) in [5, 5.41) is 4.09. The Hall–Kier alpha value is -1.66. The molecule has 0 N–H and O–H groups in total. The highest BCUT2D eigenvalue weighted by Crippen LogP contribution is 2.37. The Labute approximate surface area is 156 Å². The van der Waals surface area contributed by atoms with Gasteiger partial charge in [0.05, 0.1) is 16.6 Å². The van der Waals surface area contributed by atoms with Gasteiger partial charge in [0.25, 0.3) is 0 Å². The number of hydrogen-bond acceptors (Lipinski definition) is 4. The number of aromatic nitrogens is 1. The van der Waals surface area contributed by atoms with E-state index in [4.69, 9.17) is 4.52 Å². The number of nitrogens with zero attached hydrogens (tertiary/aromatic N) is 2. The van der Waals surface area contributed by atoms with E-state index < -0.39 is 10.0 Å². The molecule has 6 heteroatoms. The molecule has 5 nitrogen and oxygen atoms in total. The van der Waals surface area contributed by atoms with E-state index in [1.807, 2.05) is 32.0 Å². The molecule has 1 fully saturated rings. The van der Waals surface area contributed by atoms with Crippen LogP contribution in [0, 0.1) is 5.92 Å². The van der Waals surface area contributed by atoms with Gasteiger partial charge in [0.15, 0.2) is 5.76 Å². The van der Waals surface area contributed by atoms with E-state index in [2.05, 4.69) is 19.0 Å². The van der Waals surface area contributed by atoms with Crippen molar-refractivity contribution >= 4 is 10.0 Å². The highest BCUT2D eigenvalue weighted by atomic mass is 32.2. The summed E-state index contributed by atoms with van der Waals surface area (Å²) in [5.74, 6) is 1.45. The third-order valence-corrected chi connectivity index (χ3v) is 6.77. The van der Waals surface area contributed by atoms with Crippen LogP contribution in [0.5, 0.6) is 0 Å². The van der Waals surface area contributed by atoms with Gasteiger partial charge in [0, 0.05) is 12.6 Å². The molecule has 0 unspecified atom stereocenters. The van der Waals surface area contributed by atoms with E-state index in [1.165, 1.54) is 0 Å². The van der Waals surface area contributed by atoms with Gasteiger partial charge in [-0.25, -0.2) is 8.42 Å². The van der Waals surface area contributed by atoms with Crippen molar-refractivity contribution in [2.45, 2.75) is 63.8 Å². The molecule has 0 bridgehead atoms. The minimum atomic E-state index is -3.55. The molecule has 2 heterocycles. The van der Waals surface area contributed by atoms with Crippen molar-refractivity contribution in [2.75, 3.05) is 6.54 Å². The number of hydrogen-bond donors (Lipinski definition) is 0. The summed E-state index contributed by atoms with van der Waals surface area (Å²) in [7, 11) is -3.55. The number of sulfonamides is 1. The largest absolute Gasteiger partial charge is 0.359 e. The topological polar surface area (TPSA) is 63.4 Å². The first-order chi connectivity index (χ1) is 12.3. The first-order valence-electron chi connectivity index (χ1n) is 9.36. The van der Waals surface area contributed by atoms with E-state index in [0.717, 1.165) is 30.5 Å². The minimum Gasteiger partial charge on any atom is -0.359 e. The average molecular weight is 377 g/mol. The van der Waals surface area contributed by atoms with Gasteiger partial charge in [-0.1, -0.05) is 45.0 Å². The maximum atomic E-state index is 13.2. The van der Waals surface area contributed by atoms with E-state index in [1.54, 1.807) is 16.4 Å². The van der Waals surface area contributed by atoms with E-state index in [9.17, 15) is 8.42 Å². The van der Waals surface area contributed by atoms with Crippen LogP contribution in [-0.4, -0.2) is 24.4 Å². The average Bonchev–Trinajstić information content (AvgIpc) is 3.24. The zero-order chi connectivity index (χ0) is 18.9. The Morgan fingerprint density at radius 1 is 1.19 bits per heavy atom. The van der Waals surface area contributed by atoms with Gasteiger partial charge >= 0.3 is 0 Å². The maximum absolute atomic E-state index is 13.2. The molecule has 0 radical (unpaired) electrons. The van der Waals surface area contributed by atoms with Gasteiger partial charge in [-0.05, 0) is 48.8 Å². The zero-order valence-electron chi connectivity index (χ0n) is 16.0. The van der Waals surface area contributed by atoms with Gasteiger partial charge in [-0.2, -0.15) is 4.31 Å². The van der Waals surface area contributed by atoms with Gasteiger partial charge in [-0.3, -0.25) is 0 Å². The van der Waals surface area contributed by atoms with Gasteiger partial charge in [-0.15, -0.1) is 0 Å². The number of benzene rings is 1. The fourth-order valence-electron chi connectivity index (χ4n) is 3.45. The standard InChI is InChI=1S/C20H28N2O3S/c1-14(2)12-16-7-9-17(10-8-16)26(23,24)22-11-5-6-19(22)20-13-18(15(3)4)21-25-20/h7-10,13-15,19H,5-6,11-12H2,1-4H3/t19-/m0/s1. The molecule has 0 saturated carbocycles. The third kappa shape index (κ3) is 3.86. The van der Waals surface area contributed by atoms with Crippen molar-refractivity contribution in [3.8, 4) is 0 Å². The molecule has 0 aliphatic carbocycles. The smallest absolute Gasteiger partial charge is 0.243 e. The first-order valence-corrected chi connectivity index (χ1v) is 10.8. The lowest BCUT2D eigenvalue weighted by Gasteiger charge is -2.22. The van der Waals surface area contributed by atoms with Gasteiger partial charge < -0.3 is 4.52 Å². The molecule has 1 aromatic heterocycles. The summed E-state index contributed by atoms with van der Waals surface area (Å²) >= 11 is 0. The molecule has 142 valence electrons. The normalized spacial score (nSPS) is 18.9. The van der Waals surface area contributed by atoms with Crippen LogP contribution in [0.4, 0.5) is 0 Å². The van der Waals surface area contributed by atoms with Crippen LogP contribution >= 0.6 is 0 Å². The Balaban J connectivity index is 1.85. The Bertz CT molecular complexity index is 838. The van der Waals surface area contributed by atoms with Gasteiger partial charge in [0.1, 0.15) is 0 Å². The predicted molar refractivity (Wildman–Crippen MR) is 101 cm³/mol. The van der Waals surface area contributed by atoms with Crippen LogP contribution in [0.2, 0.25) is 0 Å². The maximum Gasteiger partial charge on any atom is 0.243 e. The molecule has 1 aliphatic heterocycles. The fourth-order valence-corrected chi connectivity index (χ4v) is 5.11. The molecule has 1 aromatic carbocycles. The summed E-state index contributed by atoms with van der Waals surface area (Å²) in [6, 6.07) is 8.92. The second-order valence-electron chi connectivity index (χ2n) is 7.82. The Kier molecular flexibility index (Phi) is 5.53. The molecule has 26 heavy (non-hydrogen) atoms. The minimum absolute atomic E-state index is 0.257. The lowest BCUT2D eigenvalue weighted by molar-refractivity contribution is 0.295. The van der Waals surface area contributed by atoms with Crippen LogP contribution in [0.15, 0.2) is 39.8 Å². The summed E-state index contributed by atoms with van der Waals surface area (Å²) in [4.78, 5) is 0.348. The summed E-state index contributed by atoms with van der Waals surface area (Å²) in [5.41, 5.74) is 2.02. The molecule has 3 rings (SSSR count). The highest BCUT2D eigenvalue weighted by molar-refractivity contribution is 7.89. The molecule has 1 saturated heterocycles. The summed E-state index contributed by atoms with van der Waals surface area (Å²) in [6.07, 6.45) is 2.53. The third-order valence-electron chi connectivity index (χ3n) is 4.84. The highest BCUT2D eigenvalue weighted by Gasteiger charge is 2.38. The molecule has 1 aliphatic rings. The predicted octanol–water partition coefficient (Wildman–Crippen LogP) is 4.52. The monoisotopic (exact) mass is 376 g/mol. The molecule has 1 atom stereocenters. The van der Waals surface area contributed by atoms with Crippen LogP contribution in [0.1, 0.15) is 69.5 Å². The lowest BCUT2D eigenvalue weighted by atomic mass is 10.0. The van der Waals surface area contributed by atoms with Crippen LogP contribution in [0.3, 0.4) is 0 Å². The second kappa shape index (κ2) is 7.53. The van der Waals surface area contributed by atoms with E-state index >= 15 is 0 Å². The quantitative estimate of drug-likeness (QED) is 0.743. The Morgan fingerprint density at radius 3 is 2.46 bits per heavy atom. The van der Waals surface area contributed by atoms with E-state index in [-0.39, 0.29) is 12.0 Å². The first kappa shape index (κ1) is 19.1. The zero-order valence-corrected chi connectivity index (χ0v) is 16.8. The molecular formula is C20H28N2O3S. The lowest BCUT2D eigenvalue weighted by Crippen LogP contribution is -2.30. The van der Waals surface area contributed by atoms with Crippen molar-refractivity contribution < 1.29 is 12.9 Å².